The molecule has 3 aromatic carbocycles. The Morgan fingerprint density at radius 2 is 1.59 bits per heavy atom. The summed E-state index contributed by atoms with van der Waals surface area (Å²) in [6.07, 6.45) is 1.93. The maximum atomic E-state index is 13.9. The van der Waals surface area contributed by atoms with Gasteiger partial charge in [0.2, 0.25) is 21.8 Å². The number of sulfonamides is 1. The van der Waals surface area contributed by atoms with Crippen LogP contribution < -0.4 is 9.62 Å². The number of nitrogens with one attached hydrogen (secondary N) is 1. The molecule has 3 aromatic rings. The highest BCUT2D eigenvalue weighted by Gasteiger charge is 2.31. The summed E-state index contributed by atoms with van der Waals surface area (Å²) < 4.78 is 27.8. The van der Waals surface area contributed by atoms with Crippen molar-refractivity contribution < 1.29 is 18.0 Å². The van der Waals surface area contributed by atoms with Crippen LogP contribution in [-0.2, 0) is 32.6 Å². The molecule has 1 atom stereocenters. The van der Waals surface area contributed by atoms with Crippen molar-refractivity contribution in [2.24, 2.45) is 0 Å². The largest absolute Gasteiger partial charge is 0.352 e. The van der Waals surface area contributed by atoms with E-state index in [9.17, 15) is 18.0 Å². The third-order valence-electron chi connectivity index (χ3n) is 6.94. The number of aryl methyl sites for hydroxylation is 1. The van der Waals surface area contributed by atoms with Crippen LogP contribution in [0.4, 0.5) is 5.69 Å². The first kappa shape index (κ1) is 32.3. The molecule has 0 fully saturated rings. The van der Waals surface area contributed by atoms with Crippen LogP contribution in [0.3, 0.4) is 0 Å². The van der Waals surface area contributed by atoms with Gasteiger partial charge in [0.1, 0.15) is 6.04 Å². The van der Waals surface area contributed by atoms with Crippen LogP contribution in [0.2, 0.25) is 0 Å². The monoisotopic (exact) mass is 641 g/mol. The molecule has 0 saturated carbocycles. The van der Waals surface area contributed by atoms with Gasteiger partial charge in [-0.25, -0.2) is 8.42 Å². The molecule has 0 unspecified atom stereocenters. The second kappa shape index (κ2) is 14.6. The van der Waals surface area contributed by atoms with Crippen LogP contribution in [0, 0.1) is 13.8 Å². The van der Waals surface area contributed by atoms with Crippen molar-refractivity contribution in [1.82, 2.24) is 10.2 Å². The fourth-order valence-electron chi connectivity index (χ4n) is 4.75. The minimum atomic E-state index is -3.57. The van der Waals surface area contributed by atoms with E-state index in [4.69, 9.17) is 0 Å². The van der Waals surface area contributed by atoms with Crippen LogP contribution in [0.5, 0.6) is 0 Å². The maximum absolute atomic E-state index is 13.9. The Labute approximate surface area is 253 Å². The van der Waals surface area contributed by atoms with Gasteiger partial charge in [-0.15, -0.1) is 0 Å². The van der Waals surface area contributed by atoms with Crippen LogP contribution in [0.15, 0.2) is 77.3 Å². The molecule has 7 nitrogen and oxygen atoms in total. The highest BCUT2D eigenvalue weighted by Crippen LogP contribution is 2.26. The first-order valence-corrected chi connectivity index (χ1v) is 16.4. The molecule has 0 aliphatic heterocycles. The number of benzene rings is 3. The topological polar surface area (TPSA) is 86.8 Å². The lowest BCUT2D eigenvalue weighted by Crippen LogP contribution is -2.51. The zero-order valence-electron chi connectivity index (χ0n) is 24.4. The first-order valence-electron chi connectivity index (χ1n) is 13.8. The number of carbonyl (C=O) groups is 2. The van der Waals surface area contributed by atoms with Gasteiger partial charge in [-0.05, 0) is 74.6 Å². The first-order chi connectivity index (χ1) is 19.4. The van der Waals surface area contributed by atoms with Crippen LogP contribution in [0.1, 0.15) is 48.9 Å². The average Bonchev–Trinajstić information content (AvgIpc) is 2.90. The fourth-order valence-corrected chi connectivity index (χ4v) is 6.22. The minimum absolute atomic E-state index is 0.0884. The van der Waals surface area contributed by atoms with Crippen molar-refractivity contribution in [2.45, 2.75) is 65.6 Å². The van der Waals surface area contributed by atoms with Gasteiger partial charge >= 0.3 is 0 Å². The van der Waals surface area contributed by atoms with Gasteiger partial charge in [-0.3, -0.25) is 13.9 Å². The summed E-state index contributed by atoms with van der Waals surface area (Å²) in [4.78, 5) is 29.1. The van der Waals surface area contributed by atoms with E-state index in [1.54, 1.807) is 11.0 Å². The smallest absolute Gasteiger partial charge is 0.243 e. The molecule has 0 heterocycles. The summed E-state index contributed by atoms with van der Waals surface area (Å²) in [5.41, 5.74) is 4.32. The van der Waals surface area contributed by atoms with Crippen LogP contribution in [-0.4, -0.2) is 50.0 Å². The molecule has 0 bridgehead atoms. The molecular weight excluding hydrogens is 602 g/mol. The zero-order valence-corrected chi connectivity index (χ0v) is 26.8. The van der Waals surface area contributed by atoms with E-state index in [1.807, 2.05) is 94.4 Å². The number of nitrogens with zero attached hydrogens (tertiary/aromatic N) is 2. The quantitative estimate of drug-likeness (QED) is 0.256. The van der Waals surface area contributed by atoms with Crippen LogP contribution >= 0.6 is 15.9 Å². The van der Waals surface area contributed by atoms with E-state index >= 15 is 0 Å². The summed E-state index contributed by atoms with van der Waals surface area (Å²) in [6.45, 7) is 8.03. The highest BCUT2D eigenvalue weighted by atomic mass is 79.9. The van der Waals surface area contributed by atoms with E-state index in [1.165, 1.54) is 10.6 Å². The number of rotatable bonds is 13. The SMILES string of the molecule is Cc1cccc(N(CCCC(=O)N(Cc2cccc(Br)c2)[C@H](Cc2ccccc2)C(=O)NC(C)C)S(C)(=O)=O)c1C. The summed E-state index contributed by atoms with van der Waals surface area (Å²) in [5.74, 6) is -0.431. The number of amides is 2. The molecule has 2 amide bonds. The lowest BCUT2D eigenvalue weighted by atomic mass is 10.0. The van der Waals surface area contributed by atoms with Crippen LogP contribution in [0.25, 0.3) is 0 Å². The van der Waals surface area contributed by atoms with Gasteiger partial charge in [0.05, 0.1) is 11.9 Å². The Kier molecular flexibility index (Phi) is 11.5. The van der Waals surface area contributed by atoms with Crippen molar-refractivity contribution in [3.8, 4) is 0 Å². The summed E-state index contributed by atoms with van der Waals surface area (Å²) in [5, 5.41) is 2.99. The zero-order chi connectivity index (χ0) is 30.2. The Balaban J connectivity index is 1.90. The predicted octanol–water partition coefficient (Wildman–Crippen LogP) is 5.78. The fraction of sp³-hybridized carbons (Fsp3) is 0.375. The summed E-state index contributed by atoms with van der Waals surface area (Å²) in [6, 6.07) is 22.1. The molecule has 3 rings (SSSR count). The molecule has 1 N–H and O–H groups in total. The molecule has 0 spiro atoms. The van der Waals surface area contributed by atoms with Gasteiger partial charge in [0, 0.05) is 36.4 Å². The molecule has 0 saturated heterocycles. The van der Waals surface area contributed by atoms with Gasteiger partial charge in [-0.2, -0.15) is 0 Å². The molecule has 0 aliphatic carbocycles. The highest BCUT2D eigenvalue weighted by molar-refractivity contribution is 9.10. The number of carbonyl (C=O) groups excluding carboxylic acids is 2. The van der Waals surface area contributed by atoms with E-state index in [0.29, 0.717) is 18.5 Å². The van der Waals surface area contributed by atoms with E-state index in [-0.39, 0.29) is 37.4 Å². The van der Waals surface area contributed by atoms with Crippen molar-refractivity contribution in [3.05, 3.63) is 99.5 Å². The van der Waals surface area contributed by atoms with Crippen molar-refractivity contribution in [3.63, 3.8) is 0 Å². The standard InChI is InChI=1S/C32H40BrN3O4S/c1-23(2)34-32(38)30(21-26-13-7-6-8-14-26)35(22-27-15-10-16-28(33)20-27)31(37)18-11-19-36(41(5,39)40)29-17-9-12-24(3)25(29)4/h6-10,12-17,20,23,30H,11,18-19,21-22H2,1-5H3,(H,34,38)/t30-/m1/s1. The number of hydrogen-bond donors (Lipinski definition) is 1. The number of hydrogen-bond acceptors (Lipinski definition) is 4. The number of anilines is 1. The van der Waals surface area contributed by atoms with Crippen molar-refractivity contribution in [1.29, 1.82) is 0 Å². The molecule has 0 aliphatic rings. The van der Waals surface area contributed by atoms with Crippen molar-refractivity contribution in [2.75, 3.05) is 17.1 Å². The molecule has 9 heteroatoms. The Bertz CT molecular complexity index is 1440. The lowest BCUT2D eigenvalue weighted by Gasteiger charge is -2.32. The normalized spacial score (nSPS) is 12.2. The average molecular weight is 643 g/mol. The number of halogens is 1. The lowest BCUT2D eigenvalue weighted by molar-refractivity contribution is -0.141. The van der Waals surface area contributed by atoms with Gasteiger partial charge < -0.3 is 10.2 Å². The van der Waals surface area contributed by atoms with Crippen molar-refractivity contribution >= 4 is 43.5 Å². The van der Waals surface area contributed by atoms with E-state index in [2.05, 4.69) is 21.2 Å². The Morgan fingerprint density at radius 3 is 2.22 bits per heavy atom. The molecule has 220 valence electrons. The van der Waals surface area contributed by atoms with E-state index in [0.717, 1.165) is 26.7 Å². The van der Waals surface area contributed by atoms with Gasteiger partial charge in [0.15, 0.2) is 0 Å². The Hall–Kier alpha value is -3.17. The Morgan fingerprint density at radius 1 is 0.927 bits per heavy atom. The summed E-state index contributed by atoms with van der Waals surface area (Å²) in [7, 11) is -3.57. The molecule has 0 radical (unpaired) electrons. The molecule has 0 aromatic heterocycles. The third kappa shape index (κ3) is 9.43. The second-order valence-corrected chi connectivity index (χ2v) is 13.5. The van der Waals surface area contributed by atoms with E-state index < -0.39 is 16.1 Å². The second-order valence-electron chi connectivity index (χ2n) is 10.7. The molecular formula is C32H40BrN3O4S. The third-order valence-corrected chi connectivity index (χ3v) is 8.61. The maximum Gasteiger partial charge on any atom is 0.243 e. The molecule has 41 heavy (non-hydrogen) atoms. The minimum Gasteiger partial charge on any atom is -0.352 e. The summed E-state index contributed by atoms with van der Waals surface area (Å²) >= 11 is 3.51. The van der Waals surface area contributed by atoms with Gasteiger partial charge in [0.25, 0.3) is 0 Å². The predicted molar refractivity (Wildman–Crippen MR) is 169 cm³/mol. The van der Waals surface area contributed by atoms with Gasteiger partial charge in [-0.1, -0.05) is 70.5 Å².